The number of hydrogen-bond acceptors (Lipinski definition) is 1. The second-order valence-corrected chi connectivity index (χ2v) is 5.62. The Labute approximate surface area is 124 Å². The van der Waals surface area contributed by atoms with Gasteiger partial charge in [-0.2, -0.15) is 13.2 Å². The molecule has 0 atom stereocenters. The minimum Gasteiger partial charge on any atom is -0.348 e. The molecular weight excluding hydrogens is 426 g/mol. The lowest BCUT2D eigenvalue weighted by Crippen LogP contribution is -2.25. The first-order valence-electron chi connectivity index (χ1n) is 4.75. The average Bonchev–Trinajstić information content (AvgIpc) is 2.24. The number of carbonyl (C=O) groups is 1. The molecule has 0 fully saturated rings. The zero-order valence-corrected chi connectivity index (χ0v) is 12.6. The standard InChI is InChI=1S/C11H8BrF3INO/c12-8-3-1-7(2-4-8)10(18)17-6-9(16)5-11(13,14)15/h1-5H,6H2,(H,17,18). The van der Waals surface area contributed by atoms with Gasteiger partial charge in [0.2, 0.25) is 0 Å². The third-order valence-corrected chi connectivity index (χ3v) is 3.07. The number of allylic oxidation sites excluding steroid dienone is 1. The minimum absolute atomic E-state index is 0.0190. The van der Waals surface area contributed by atoms with Crippen molar-refractivity contribution < 1.29 is 18.0 Å². The van der Waals surface area contributed by atoms with Crippen molar-refractivity contribution in [3.8, 4) is 0 Å². The van der Waals surface area contributed by atoms with E-state index in [-0.39, 0.29) is 16.2 Å². The second kappa shape index (κ2) is 6.55. The molecule has 7 heteroatoms. The number of nitrogens with one attached hydrogen (secondary N) is 1. The van der Waals surface area contributed by atoms with E-state index in [0.717, 1.165) is 4.47 Å². The third-order valence-electron chi connectivity index (χ3n) is 1.84. The average molecular weight is 434 g/mol. The maximum Gasteiger partial charge on any atom is 0.410 e. The first-order valence-corrected chi connectivity index (χ1v) is 6.63. The lowest BCUT2D eigenvalue weighted by Gasteiger charge is -2.06. The van der Waals surface area contributed by atoms with Crippen LogP contribution in [-0.4, -0.2) is 18.6 Å². The molecule has 0 spiro atoms. The van der Waals surface area contributed by atoms with E-state index in [4.69, 9.17) is 0 Å². The Balaban J connectivity index is 2.57. The van der Waals surface area contributed by atoms with Gasteiger partial charge in [-0.05, 0) is 46.9 Å². The minimum atomic E-state index is -4.36. The Kier molecular flexibility index (Phi) is 5.64. The Morgan fingerprint density at radius 3 is 2.39 bits per heavy atom. The topological polar surface area (TPSA) is 29.1 Å². The highest BCUT2D eigenvalue weighted by molar-refractivity contribution is 14.1. The number of hydrogen-bond donors (Lipinski definition) is 1. The van der Waals surface area contributed by atoms with Gasteiger partial charge in [0, 0.05) is 26.2 Å². The van der Waals surface area contributed by atoms with Crippen LogP contribution in [0.4, 0.5) is 13.2 Å². The molecule has 0 bridgehead atoms. The Hall–Kier alpha value is -0.570. The van der Waals surface area contributed by atoms with Crippen molar-refractivity contribution in [2.24, 2.45) is 0 Å². The van der Waals surface area contributed by atoms with E-state index in [2.05, 4.69) is 21.2 Å². The zero-order valence-electron chi connectivity index (χ0n) is 8.89. The normalized spacial score (nSPS) is 12.4. The molecule has 0 saturated heterocycles. The Bertz CT molecular complexity index is 456. The smallest absolute Gasteiger partial charge is 0.348 e. The molecule has 0 aliphatic rings. The highest BCUT2D eigenvalue weighted by atomic mass is 127. The van der Waals surface area contributed by atoms with Crippen molar-refractivity contribution in [1.82, 2.24) is 5.32 Å². The summed E-state index contributed by atoms with van der Waals surface area (Å²) in [5, 5.41) is 2.41. The van der Waals surface area contributed by atoms with Crippen LogP contribution in [0.3, 0.4) is 0 Å². The summed E-state index contributed by atoms with van der Waals surface area (Å²) in [7, 11) is 0. The van der Waals surface area contributed by atoms with Crippen LogP contribution >= 0.6 is 38.5 Å². The van der Waals surface area contributed by atoms with Crippen molar-refractivity contribution in [1.29, 1.82) is 0 Å². The van der Waals surface area contributed by atoms with Crippen molar-refractivity contribution in [3.05, 3.63) is 44.0 Å². The van der Waals surface area contributed by atoms with Crippen LogP contribution in [0, 0.1) is 0 Å². The maximum atomic E-state index is 12.0. The largest absolute Gasteiger partial charge is 0.410 e. The predicted octanol–water partition coefficient (Wildman–Crippen LogP) is 4.06. The Morgan fingerprint density at radius 1 is 1.33 bits per heavy atom. The summed E-state index contributed by atoms with van der Waals surface area (Å²) < 4.78 is 36.8. The molecule has 1 rings (SSSR count). The fraction of sp³-hybridized carbons (Fsp3) is 0.182. The van der Waals surface area contributed by atoms with E-state index in [1.54, 1.807) is 46.9 Å². The van der Waals surface area contributed by atoms with E-state index in [9.17, 15) is 18.0 Å². The van der Waals surface area contributed by atoms with Gasteiger partial charge in [-0.15, -0.1) is 0 Å². The molecule has 0 heterocycles. The molecule has 0 aliphatic heterocycles. The second-order valence-electron chi connectivity index (χ2n) is 3.32. The number of halogens is 5. The summed E-state index contributed by atoms with van der Waals surface area (Å²) in [5.41, 5.74) is 0.398. The van der Waals surface area contributed by atoms with Crippen LogP contribution in [0.15, 0.2) is 38.4 Å². The lowest BCUT2D eigenvalue weighted by molar-refractivity contribution is -0.0801. The van der Waals surface area contributed by atoms with Gasteiger partial charge in [-0.3, -0.25) is 4.79 Å². The van der Waals surface area contributed by atoms with Crippen LogP contribution in [0.2, 0.25) is 0 Å². The molecule has 0 radical (unpaired) electrons. The fourth-order valence-corrected chi connectivity index (χ4v) is 1.90. The van der Waals surface area contributed by atoms with Crippen LogP contribution in [-0.2, 0) is 0 Å². The number of benzene rings is 1. The SMILES string of the molecule is O=C(NCC(I)=CC(F)(F)F)c1ccc(Br)cc1. The van der Waals surface area contributed by atoms with Crippen LogP contribution in [0.25, 0.3) is 0 Å². The zero-order chi connectivity index (χ0) is 13.8. The molecule has 0 unspecified atom stereocenters. The van der Waals surface area contributed by atoms with Gasteiger partial charge >= 0.3 is 6.18 Å². The molecule has 1 aromatic carbocycles. The highest BCUT2D eigenvalue weighted by Gasteiger charge is 2.23. The molecule has 18 heavy (non-hydrogen) atoms. The van der Waals surface area contributed by atoms with E-state index in [0.29, 0.717) is 5.56 Å². The molecule has 2 nitrogen and oxygen atoms in total. The lowest BCUT2D eigenvalue weighted by atomic mass is 10.2. The molecule has 0 aromatic heterocycles. The van der Waals surface area contributed by atoms with Gasteiger partial charge in [-0.25, -0.2) is 0 Å². The first-order chi connectivity index (χ1) is 8.28. The Morgan fingerprint density at radius 2 is 1.89 bits per heavy atom. The van der Waals surface area contributed by atoms with Gasteiger partial charge in [0.1, 0.15) is 0 Å². The van der Waals surface area contributed by atoms with Gasteiger partial charge in [-0.1, -0.05) is 15.9 Å². The van der Waals surface area contributed by atoms with Crippen molar-refractivity contribution in [2.45, 2.75) is 6.18 Å². The van der Waals surface area contributed by atoms with Crippen molar-refractivity contribution in [2.75, 3.05) is 6.54 Å². The molecule has 1 N–H and O–H groups in total. The van der Waals surface area contributed by atoms with E-state index >= 15 is 0 Å². The monoisotopic (exact) mass is 433 g/mol. The van der Waals surface area contributed by atoms with Crippen LogP contribution < -0.4 is 5.32 Å². The molecule has 1 aromatic rings. The van der Waals surface area contributed by atoms with Crippen LogP contribution in [0.5, 0.6) is 0 Å². The summed E-state index contributed by atoms with van der Waals surface area (Å²) in [6, 6.07) is 6.54. The quantitative estimate of drug-likeness (QED) is 0.715. The van der Waals surface area contributed by atoms with Gasteiger partial charge in [0.05, 0.1) is 0 Å². The molecule has 0 saturated carbocycles. The van der Waals surface area contributed by atoms with Crippen LogP contribution in [0.1, 0.15) is 10.4 Å². The molecule has 1 amide bonds. The van der Waals surface area contributed by atoms with Gasteiger partial charge in [0.25, 0.3) is 5.91 Å². The number of rotatable bonds is 3. The van der Waals surface area contributed by atoms with Gasteiger partial charge in [0.15, 0.2) is 0 Å². The summed E-state index contributed by atoms with van der Waals surface area (Å²) >= 11 is 4.77. The van der Waals surface area contributed by atoms with Gasteiger partial charge < -0.3 is 5.32 Å². The summed E-state index contributed by atoms with van der Waals surface area (Å²) in [6.45, 7) is -0.144. The number of carbonyl (C=O) groups excluding carboxylic acids is 1. The summed E-state index contributed by atoms with van der Waals surface area (Å²) in [4.78, 5) is 11.6. The number of alkyl halides is 3. The first kappa shape index (κ1) is 15.5. The number of amides is 1. The van der Waals surface area contributed by atoms with Crippen molar-refractivity contribution in [3.63, 3.8) is 0 Å². The predicted molar refractivity (Wildman–Crippen MR) is 74.6 cm³/mol. The summed E-state index contributed by atoms with van der Waals surface area (Å²) in [5.74, 6) is -0.410. The fourth-order valence-electron chi connectivity index (χ4n) is 1.10. The van der Waals surface area contributed by atoms with E-state index in [1.807, 2.05) is 0 Å². The molecular formula is C11H8BrF3INO. The van der Waals surface area contributed by atoms with Crippen molar-refractivity contribution >= 4 is 44.4 Å². The maximum absolute atomic E-state index is 12.0. The third kappa shape index (κ3) is 5.85. The molecule has 98 valence electrons. The molecule has 0 aliphatic carbocycles. The highest BCUT2D eigenvalue weighted by Crippen LogP contribution is 2.21. The summed E-state index contributed by atoms with van der Waals surface area (Å²) in [6.07, 6.45) is -4.20. The van der Waals surface area contributed by atoms with E-state index in [1.165, 1.54) is 0 Å². The van der Waals surface area contributed by atoms with E-state index < -0.39 is 12.1 Å².